The molecule has 4 heterocycles. The first-order valence-electron chi connectivity index (χ1n) is 11.4. The highest BCUT2D eigenvalue weighted by atomic mass is 35.5. The van der Waals surface area contributed by atoms with Gasteiger partial charge < -0.3 is 14.4 Å². The molecule has 4 aliphatic heterocycles. The first kappa shape index (κ1) is 23.1. The van der Waals surface area contributed by atoms with E-state index in [1.165, 1.54) is 4.90 Å². The van der Waals surface area contributed by atoms with Crippen molar-refractivity contribution in [3.8, 4) is 5.75 Å². The molecule has 4 unspecified atom stereocenters. The molecular weight excluding hydrogens is 430 g/mol. The summed E-state index contributed by atoms with van der Waals surface area (Å²) < 4.78 is 11.7. The summed E-state index contributed by atoms with van der Waals surface area (Å²) in [6.45, 7) is 9.31. The highest BCUT2D eigenvalue weighted by Gasteiger charge is 2.60. The predicted octanol–water partition coefficient (Wildman–Crippen LogP) is 2.35. The molecule has 2 bridgehead atoms. The number of rotatable bonds is 7. The van der Waals surface area contributed by atoms with Gasteiger partial charge in [0, 0.05) is 32.7 Å². The summed E-state index contributed by atoms with van der Waals surface area (Å²) in [6.07, 6.45) is 4.43. The SMILES string of the molecule is CC(C)Oc1ccccc1N1CCN(CCCN2C(=O)C3C4C=CC(O4)C3C2=O)CC1.Cl. The largest absolute Gasteiger partial charge is 0.489 e. The van der Waals surface area contributed by atoms with Gasteiger partial charge >= 0.3 is 0 Å². The average Bonchev–Trinajstić information content (AvgIpc) is 3.44. The van der Waals surface area contributed by atoms with Gasteiger partial charge in [0.1, 0.15) is 5.75 Å². The van der Waals surface area contributed by atoms with E-state index in [0.29, 0.717) is 6.54 Å². The minimum atomic E-state index is -0.292. The highest BCUT2D eigenvalue weighted by Crippen LogP contribution is 2.45. The van der Waals surface area contributed by atoms with E-state index < -0.39 is 0 Å². The molecule has 8 heteroatoms. The van der Waals surface area contributed by atoms with Gasteiger partial charge in [0.2, 0.25) is 11.8 Å². The van der Waals surface area contributed by atoms with Gasteiger partial charge in [-0.05, 0) is 38.9 Å². The van der Waals surface area contributed by atoms with Crippen molar-refractivity contribution in [3.63, 3.8) is 0 Å². The molecule has 4 aliphatic rings. The van der Waals surface area contributed by atoms with Crippen molar-refractivity contribution in [2.75, 3.05) is 44.2 Å². The molecule has 32 heavy (non-hydrogen) atoms. The number of fused-ring (bicyclic) bond motifs is 5. The first-order chi connectivity index (χ1) is 15.0. The Balaban J connectivity index is 0.00000245. The quantitative estimate of drug-likeness (QED) is 0.459. The third kappa shape index (κ3) is 4.14. The lowest BCUT2D eigenvalue weighted by Gasteiger charge is -2.37. The van der Waals surface area contributed by atoms with E-state index in [1.54, 1.807) is 0 Å². The summed E-state index contributed by atoms with van der Waals surface area (Å²) in [7, 11) is 0. The molecule has 0 radical (unpaired) electrons. The Bertz CT molecular complexity index is 854. The fraction of sp³-hybridized carbons (Fsp3) is 0.583. The number of halogens is 1. The number of carbonyl (C=O) groups excluding carboxylic acids is 2. The van der Waals surface area contributed by atoms with Crippen LogP contribution in [0.15, 0.2) is 36.4 Å². The Morgan fingerprint density at radius 3 is 2.22 bits per heavy atom. The number of carbonyl (C=O) groups is 2. The minimum absolute atomic E-state index is 0. The number of hydrogen-bond donors (Lipinski definition) is 0. The molecule has 3 saturated heterocycles. The van der Waals surface area contributed by atoms with Crippen LogP contribution < -0.4 is 9.64 Å². The van der Waals surface area contributed by atoms with Crippen LogP contribution in [-0.4, -0.2) is 79.2 Å². The smallest absolute Gasteiger partial charge is 0.236 e. The molecule has 5 rings (SSSR count). The number of anilines is 1. The summed E-state index contributed by atoms with van der Waals surface area (Å²) in [5.41, 5.74) is 1.15. The van der Waals surface area contributed by atoms with Crippen LogP contribution >= 0.6 is 12.4 Å². The Kier molecular flexibility index (Phi) is 6.79. The number of hydrogen-bond acceptors (Lipinski definition) is 6. The van der Waals surface area contributed by atoms with E-state index >= 15 is 0 Å². The number of likely N-dealkylation sites (tertiary alicyclic amines) is 1. The predicted molar refractivity (Wildman–Crippen MR) is 124 cm³/mol. The van der Waals surface area contributed by atoms with Crippen LogP contribution in [0.3, 0.4) is 0 Å². The molecule has 3 fully saturated rings. The van der Waals surface area contributed by atoms with Gasteiger partial charge in [-0.15, -0.1) is 12.4 Å². The van der Waals surface area contributed by atoms with Crippen molar-refractivity contribution < 1.29 is 19.1 Å². The van der Waals surface area contributed by atoms with Gasteiger partial charge in [-0.2, -0.15) is 0 Å². The molecule has 4 atom stereocenters. The van der Waals surface area contributed by atoms with E-state index in [0.717, 1.165) is 50.6 Å². The normalized spacial score (nSPS) is 29.1. The Morgan fingerprint density at radius 2 is 1.59 bits per heavy atom. The summed E-state index contributed by atoms with van der Waals surface area (Å²) in [4.78, 5) is 31.8. The Labute approximate surface area is 195 Å². The second-order valence-corrected chi connectivity index (χ2v) is 9.15. The number of imide groups is 1. The van der Waals surface area contributed by atoms with Crippen molar-refractivity contribution in [3.05, 3.63) is 36.4 Å². The Morgan fingerprint density at radius 1 is 0.969 bits per heavy atom. The fourth-order valence-corrected chi connectivity index (χ4v) is 5.32. The summed E-state index contributed by atoms with van der Waals surface area (Å²) in [5.74, 6) is 0.269. The van der Waals surface area contributed by atoms with Crippen LogP contribution in [0.25, 0.3) is 0 Å². The molecule has 7 nitrogen and oxygen atoms in total. The zero-order valence-electron chi connectivity index (χ0n) is 18.7. The van der Waals surface area contributed by atoms with Gasteiger partial charge in [-0.1, -0.05) is 24.3 Å². The molecular formula is C24H32ClN3O4. The molecule has 0 aromatic heterocycles. The maximum absolute atomic E-state index is 12.7. The van der Waals surface area contributed by atoms with E-state index in [4.69, 9.17) is 9.47 Å². The first-order valence-corrected chi connectivity index (χ1v) is 11.4. The molecule has 174 valence electrons. The third-order valence-corrected chi connectivity index (χ3v) is 6.80. The number of ether oxygens (including phenoxy) is 2. The van der Waals surface area contributed by atoms with Crippen LogP contribution in [0.1, 0.15) is 20.3 Å². The topological polar surface area (TPSA) is 62.3 Å². The molecule has 0 spiro atoms. The van der Waals surface area contributed by atoms with Crippen molar-refractivity contribution in [1.29, 1.82) is 0 Å². The van der Waals surface area contributed by atoms with Crippen molar-refractivity contribution >= 4 is 29.9 Å². The lowest BCUT2D eigenvalue weighted by atomic mass is 9.85. The highest BCUT2D eigenvalue weighted by molar-refractivity contribution is 6.06. The molecule has 1 aromatic rings. The van der Waals surface area contributed by atoms with Gasteiger partial charge in [-0.3, -0.25) is 19.4 Å². The number of nitrogens with zero attached hydrogens (tertiary/aromatic N) is 3. The number of piperazine rings is 1. The second-order valence-electron chi connectivity index (χ2n) is 9.15. The van der Waals surface area contributed by atoms with E-state index in [-0.39, 0.29) is 54.4 Å². The maximum atomic E-state index is 12.7. The van der Waals surface area contributed by atoms with E-state index in [2.05, 4.69) is 21.9 Å². The van der Waals surface area contributed by atoms with Gasteiger partial charge in [-0.25, -0.2) is 0 Å². The number of amides is 2. The van der Waals surface area contributed by atoms with Crippen molar-refractivity contribution in [1.82, 2.24) is 9.80 Å². The standard InChI is InChI=1S/C24H31N3O4.ClH/c1-16(2)30-18-7-4-3-6-17(18)26-14-12-25(13-15-26)10-5-11-27-23(28)21-19-8-9-20(31-19)22(21)24(27)29;/h3-4,6-9,16,19-22H,5,10-15H2,1-2H3;1H. The average molecular weight is 462 g/mol. The van der Waals surface area contributed by atoms with E-state index in [9.17, 15) is 9.59 Å². The Hall–Kier alpha value is -2.09. The monoisotopic (exact) mass is 461 g/mol. The second kappa shape index (κ2) is 9.41. The molecule has 2 amide bonds. The summed E-state index contributed by atoms with van der Waals surface area (Å²) in [5, 5.41) is 0. The van der Waals surface area contributed by atoms with Crippen LogP contribution in [0.5, 0.6) is 5.75 Å². The van der Waals surface area contributed by atoms with Gasteiger partial charge in [0.15, 0.2) is 0 Å². The van der Waals surface area contributed by atoms with Gasteiger partial charge in [0.05, 0.1) is 35.8 Å². The zero-order chi connectivity index (χ0) is 21.5. The van der Waals surface area contributed by atoms with Crippen LogP contribution in [0, 0.1) is 11.8 Å². The van der Waals surface area contributed by atoms with Gasteiger partial charge in [0.25, 0.3) is 0 Å². The maximum Gasteiger partial charge on any atom is 0.236 e. The van der Waals surface area contributed by atoms with Crippen LogP contribution in [-0.2, 0) is 14.3 Å². The lowest BCUT2D eigenvalue weighted by molar-refractivity contribution is -0.142. The summed E-state index contributed by atoms with van der Waals surface area (Å²) in [6, 6.07) is 8.23. The van der Waals surface area contributed by atoms with E-state index in [1.807, 2.05) is 38.1 Å². The minimum Gasteiger partial charge on any atom is -0.489 e. The van der Waals surface area contributed by atoms with Crippen molar-refractivity contribution in [2.24, 2.45) is 11.8 Å². The van der Waals surface area contributed by atoms with Crippen LogP contribution in [0.4, 0.5) is 5.69 Å². The zero-order valence-corrected chi connectivity index (χ0v) is 19.5. The lowest BCUT2D eigenvalue weighted by Crippen LogP contribution is -2.47. The molecule has 0 N–H and O–H groups in total. The number of benzene rings is 1. The fourth-order valence-electron chi connectivity index (χ4n) is 5.32. The van der Waals surface area contributed by atoms with Crippen molar-refractivity contribution in [2.45, 2.75) is 38.6 Å². The molecule has 0 saturated carbocycles. The number of para-hydroxylation sites is 2. The molecule has 1 aromatic carbocycles. The summed E-state index contributed by atoms with van der Waals surface area (Å²) >= 11 is 0. The molecule has 0 aliphatic carbocycles. The van der Waals surface area contributed by atoms with Crippen LogP contribution in [0.2, 0.25) is 0 Å². The third-order valence-electron chi connectivity index (χ3n) is 6.80.